The van der Waals surface area contributed by atoms with E-state index in [9.17, 15) is 9.59 Å². The molecule has 0 aromatic carbocycles. The highest BCUT2D eigenvalue weighted by Crippen LogP contribution is 2.33. The number of anilines is 1. The summed E-state index contributed by atoms with van der Waals surface area (Å²) in [6, 6.07) is 4.06. The number of carbonyl (C=O) groups is 2. The van der Waals surface area contributed by atoms with Crippen LogP contribution in [0.5, 0.6) is 0 Å². The van der Waals surface area contributed by atoms with Gasteiger partial charge in [0.05, 0.1) is 6.04 Å². The number of ether oxygens (including phenoxy) is 2. The molecular weight excluding hydrogens is 396 g/mol. The van der Waals surface area contributed by atoms with Gasteiger partial charge in [-0.3, -0.25) is 0 Å². The zero-order valence-corrected chi connectivity index (χ0v) is 19.7. The van der Waals surface area contributed by atoms with E-state index in [4.69, 9.17) is 9.47 Å². The van der Waals surface area contributed by atoms with E-state index in [0.29, 0.717) is 32.7 Å². The Morgan fingerprint density at radius 3 is 2.06 bits per heavy atom. The zero-order chi connectivity index (χ0) is 22.8. The second-order valence-electron chi connectivity index (χ2n) is 10.2. The molecule has 3 rings (SSSR count). The van der Waals surface area contributed by atoms with Crippen LogP contribution in [0.1, 0.15) is 66.0 Å². The summed E-state index contributed by atoms with van der Waals surface area (Å²) in [5.74, 6) is 0.884. The van der Waals surface area contributed by atoms with Gasteiger partial charge in [0.25, 0.3) is 0 Å². The summed E-state index contributed by atoms with van der Waals surface area (Å²) in [6.45, 7) is 14.6. The van der Waals surface area contributed by atoms with Crippen molar-refractivity contribution in [3.8, 4) is 0 Å². The third-order valence-corrected chi connectivity index (χ3v) is 5.29. The van der Waals surface area contributed by atoms with Crippen LogP contribution in [0.2, 0.25) is 0 Å². The number of amides is 2. The molecule has 8 nitrogen and oxygen atoms in total. The van der Waals surface area contributed by atoms with Gasteiger partial charge >= 0.3 is 12.2 Å². The first-order chi connectivity index (χ1) is 14.4. The highest BCUT2D eigenvalue weighted by Gasteiger charge is 2.33. The molecule has 0 saturated carbocycles. The minimum absolute atomic E-state index is 0.000385. The number of aromatic nitrogens is 1. The van der Waals surface area contributed by atoms with Crippen molar-refractivity contribution in [2.24, 2.45) is 0 Å². The van der Waals surface area contributed by atoms with Crippen LogP contribution < -0.4 is 4.90 Å². The maximum atomic E-state index is 12.6. The molecule has 0 radical (unpaired) electrons. The van der Waals surface area contributed by atoms with Crippen LogP contribution in [0.15, 0.2) is 18.3 Å². The second kappa shape index (κ2) is 8.93. The summed E-state index contributed by atoms with van der Waals surface area (Å²) in [5.41, 5.74) is 0.0341. The molecule has 1 aromatic rings. The van der Waals surface area contributed by atoms with Crippen molar-refractivity contribution < 1.29 is 19.1 Å². The molecule has 172 valence electrons. The van der Waals surface area contributed by atoms with Gasteiger partial charge in [0.1, 0.15) is 17.0 Å². The lowest BCUT2D eigenvalue weighted by molar-refractivity contribution is 0.0218. The average molecular weight is 433 g/mol. The first-order valence-electron chi connectivity index (χ1n) is 11.1. The minimum atomic E-state index is -0.506. The summed E-state index contributed by atoms with van der Waals surface area (Å²) in [6.07, 6.45) is 3.20. The Morgan fingerprint density at radius 2 is 1.52 bits per heavy atom. The lowest BCUT2D eigenvalue weighted by Gasteiger charge is -2.36. The molecule has 2 saturated heterocycles. The lowest BCUT2D eigenvalue weighted by atomic mass is 10.1. The number of hydrogen-bond acceptors (Lipinski definition) is 6. The van der Waals surface area contributed by atoms with Crippen molar-refractivity contribution in [3.63, 3.8) is 0 Å². The Morgan fingerprint density at radius 1 is 0.903 bits per heavy atom. The van der Waals surface area contributed by atoms with Crippen LogP contribution >= 0.6 is 0 Å². The molecule has 1 atom stereocenters. The Bertz CT molecular complexity index is 774. The molecule has 0 spiro atoms. The number of carbonyl (C=O) groups excluding carboxylic acids is 2. The molecule has 2 aliphatic heterocycles. The quantitative estimate of drug-likeness (QED) is 0.697. The van der Waals surface area contributed by atoms with Gasteiger partial charge in [-0.15, -0.1) is 0 Å². The van der Waals surface area contributed by atoms with E-state index < -0.39 is 11.2 Å². The van der Waals surface area contributed by atoms with Crippen molar-refractivity contribution in [2.75, 3.05) is 37.6 Å². The van der Waals surface area contributed by atoms with Crippen LogP contribution in [0.3, 0.4) is 0 Å². The maximum absolute atomic E-state index is 12.6. The monoisotopic (exact) mass is 432 g/mol. The summed E-state index contributed by atoms with van der Waals surface area (Å²) < 4.78 is 11.0. The molecule has 3 heterocycles. The third-order valence-electron chi connectivity index (χ3n) is 5.29. The fraction of sp³-hybridized carbons (Fsp3) is 0.696. The largest absolute Gasteiger partial charge is 0.444 e. The van der Waals surface area contributed by atoms with Crippen LogP contribution in [-0.4, -0.2) is 70.9 Å². The molecule has 8 heteroatoms. The number of hydrogen-bond donors (Lipinski definition) is 0. The van der Waals surface area contributed by atoms with E-state index in [1.165, 1.54) is 0 Å². The van der Waals surface area contributed by atoms with E-state index in [0.717, 1.165) is 24.2 Å². The molecule has 31 heavy (non-hydrogen) atoms. The van der Waals surface area contributed by atoms with Crippen LogP contribution in [0, 0.1) is 0 Å². The van der Waals surface area contributed by atoms with E-state index in [1.54, 1.807) is 4.90 Å². The standard InChI is InChI=1S/C23H36N4O4/c1-22(2,3)30-20(28)26-14-12-25(13-15-26)19-10-9-17(16-24-19)18-8-7-11-27(18)21(29)31-23(4,5)6/h9-10,16,18H,7-8,11-15H2,1-6H3/t18-/m1/s1. The van der Waals surface area contributed by atoms with E-state index >= 15 is 0 Å². The van der Waals surface area contributed by atoms with Crippen molar-refractivity contribution >= 4 is 18.0 Å². The summed E-state index contributed by atoms with van der Waals surface area (Å²) in [7, 11) is 0. The van der Waals surface area contributed by atoms with Crippen molar-refractivity contribution in [1.29, 1.82) is 0 Å². The topological polar surface area (TPSA) is 75.2 Å². The molecule has 0 unspecified atom stereocenters. The molecule has 2 amide bonds. The Kier molecular flexibility index (Phi) is 6.67. The van der Waals surface area contributed by atoms with Gasteiger partial charge in [-0.05, 0) is 66.0 Å². The number of nitrogens with zero attached hydrogens (tertiary/aromatic N) is 4. The molecule has 2 fully saturated rings. The smallest absolute Gasteiger partial charge is 0.410 e. The number of piperazine rings is 1. The third kappa shape index (κ3) is 6.24. The summed E-state index contributed by atoms with van der Waals surface area (Å²) in [4.78, 5) is 35.2. The van der Waals surface area contributed by atoms with Gasteiger partial charge in [-0.25, -0.2) is 14.6 Å². The van der Waals surface area contributed by atoms with Crippen molar-refractivity contribution in [1.82, 2.24) is 14.8 Å². The minimum Gasteiger partial charge on any atom is -0.444 e. The second-order valence-corrected chi connectivity index (χ2v) is 10.2. The van der Waals surface area contributed by atoms with Crippen molar-refractivity contribution in [2.45, 2.75) is 71.6 Å². The SMILES string of the molecule is CC(C)(C)OC(=O)N1CCN(c2ccc([C@H]3CCCN3C(=O)OC(C)(C)C)cn2)CC1. The van der Waals surface area contributed by atoms with Crippen LogP contribution in [0.25, 0.3) is 0 Å². The predicted molar refractivity (Wildman–Crippen MR) is 119 cm³/mol. The summed E-state index contributed by atoms with van der Waals surface area (Å²) >= 11 is 0. The number of likely N-dealkylation sites (tertiary alicyclic amines) is 1. The van der Waals surface area contributed by atoms with Gasteiger partial charge in [0, 0.05) is 38.9 Å². The Hall–Kier alpha value is -2.51. The molecule has 2 aliphatic rings. The van der Waals surface area contributed by atoms with Crippen LogP contribution in [0.4, 0.5) is 15.4 Å². The number of pyridine rings is 1. The number of rotatable bonds is 2. The van der Waals surface area contributed by atoms with E-state index in [2.05, 4.69) is 16.0 Å². The first-order valence-corrected chi connectivity index (χ1v) is 11.1. The predicted octanol–water partition coefficient (Wildman–Crippen LogP) is 4.21. The molecular formula is C23H36N4O4. The lowest BCUT2D eigenvalue weighted by Crippen LogP contribution is -2.50. The Labute approximate surface area is 185 Å². The maximum Gasteiger partial charge on any atom is 0.410 e. The van der Waals surface area contributed by atoms with E-state index in [-0.39, 0.29) is 18.2 Å². The van der Waals surface area contributed by atoms with Gasteiger partial charge in [0.15, 0.2) is 0 Å². The molecule has 0 bridgehead atoms. The van der Waals surface area contributed by atoms with Gasteiger partial charge in [-0.1, -0.05) is 6.07 Å². The Balaban J connectivity index is 1.58. The first kappa shape index (κ1) is 23.2. The normalized spacial score (nSPS) is 20.1. The highest BCUT2D eigenvalue weighted by atomic mass is 16.6. The van der Waals surface area contributed by atoms with Gasteiger partial charge in [-0.2, -0.15) is 0 Å². The van der Waals surface area contributed by atoms with Crippen molar-refractivity contribution in [3.05, 3.63) is 23.9 Å². The summed E-state index contributed by atoms with van der Waals surface area (Å²) in [5, 5.41) is 0. The highest BCUT2D eigenvalue weighted by molar-refractivity contribution is 5.69. The van der Waals surface area contributed by atoms with Crippen LogP contribution in [-0.2, 0) is 9.47 Å². The molecule has 0 aliphatic carbocycles. The van der Waals surface area contributed by atoms with Gasteiger partial charge < -0.3 is 24.2 Å². The van der Waals surface area contributed by atoms with Gasteiger partial charge in [0.2, 0.25) is 0 Å². The zero-order valence-electron chi connectivity index (χ0n) is 19.7. The molecule has 1 aromatic heterocycles. The fourth-order valence-corrected chi connectivity index (χ4v) is 3.88. The molecule has 0 N–H and O–H groups in total. The van der Waals surface area contributed by atoms with E-state index in [1.807, 2.05) is 58.7 Å². The average Bonchev–Trinajstić information content (AvgIpc) is 3.16. The fourth-order valence-electron chi connectivity index (χ4n) is 3.88.